The molecule has 0 spiro atoms. The Morgan fingerprint density at radius 2 is 1.86 bits per heavy atom. The van der Waals surface area contributed by atoms with Crippen LogP contribution in [0, 0.1) is 17.8 Å². The van der Waals surface area contributed by atoms with E-state index >= 15 is 0 Å². The fourth-order valence-corrected chi connectivity index (χ4v) is 2.43. The summed E-state index contributed by atoms with van der Waals surface area (Å²) in [5.74, 6) is 2.67. The molecule has 1 nitrogen and oxygen atoms in total. The van der Waals surface area contributed by atoms with Crippen molar-refractivity contribution in [1.29, 1.82) is 0 Å². The van der Waals surface area contributed by atoms with Crippen LogP contribution in [0.15, 0.2) is 0 Å². The van der Waals surface area contributed by atoms with Gasteiger partial charge in [0.05, 0.1) is 0 Å². The molecule has 0 aromatic rings. The smallest absolute Gasteiger partial charge is 0.00179 e. The van der Waals surface area contributed by atoms with Gasteiger partial charge in [0.2, 0.25) is 0 Å². The molecule has 1 aliphatic rings. The van der Waals surface area contributed by atoms with Gasteiger partial charge in [-0.15, -0.1) is 0 Å². The first-order chi connectivity index (χ1) is 6.70. The molecule has 2 unspecified atom stereocenters. The van der Waals surface area contributed by atoms with E-state index in [9.17, 15) is 0 Å². The number of hydrogen-bond acceptors (Lipinski definition) is 1. The van der Waals surface area contributed by atoms with Crippen LogP contribution in [-0.2, 0) is 0 Å². The van der Waals surface area contributed by atoms with Crippen LogP contribution in [0.5, 0.6) is 0 Å². The van der Waals surface area contributed by atoms with Crippen LogP contribution >= 0.6 is 0 Å². The Morgan fingerprint density at radius 3 is 2.57 bits per heavy atom. The van der Waals surface area contributed by atoms with Crippen molar-refractivity contribution in [2.45, 2.75) is 52.9 Å². The molecule has 1 saturated carbocycles. The molecule has 1 heteroatoms. The van der Waals surface area contributed by atoms with Crippen LogP contribution in [0.2, 0.25) is 0 Å². The fraction of sp³-hybridized carbons (Fsp3) is 1.00. The van der Waals surface area contributed by atoms with Crippen LogP contribution in [0.25, 0.3) is 0 Å². The summed E-state index contributed by atoms with van der Waals surface area (Å²) in [5.41, 5.74) is 0. The van der Waals surface area contributed by atoms with Crippen molar-refractivity contribution in [3.05, 3.63) is 0 Å². The Kier molecular flexibility index (Phi) is 5.54. The summed E-state index contributed by atoms with van der Waals surface area (Å²) in [5, 5.41) is 3.61. The van der Waals surface area contributed by atoms with Crippen LogP contribution < -0.4 is 5.32 Å². The quantitative estimate of drug-likeness (QED) is 0.681. The molecule has 0 aliphatic heterocycles. The highest BCUT2D eigenvalue weighted by Crippen LogP contribution is 2.27. The molecule has 1 fully saturated rings. The van der Waals surface area contributed by atoms with E-state index in [-0.39, 0.29) is 0 Å². The van der Waals surface area contributed by atoms with Gasteiger partial charge in [-0.3, -0.25) is 0 Å². The van der Waals surface area contributed by atoms with E-state index in [1.807, 2.05) is 0 Å². The largest absolute Gasteiger partial charge is 0.316 e. The summed E-state index contributed by atoms with van der Waals surface area (Å²) in [4.78, 5) is 0. The van der Waals surface area contributed by atoms with Gasteiger partial charge in [0.1, 0.15) is 0 Å². The van der Waals surface area contributed by atoms with Gasteiger partial charge in [-0.1, -0.05) is 46.5 Å². The lowest BCUT2D eigenvalue weighted by atomic mass is 9.89. The number of hydrogen-bond donors (Lipinski definition) is 1. The summed E-state index contributed by atoms with van der Waals surface area (Å²) in [6.07, 6.45) is 7.28. The molecule has 0 radical (unpaired) electrons. The van der Waals surface area contributed by atoms with Crippen molar-refractivity contribution >= 4 is 0 Å². The summed E-state index contributed by atoms with van der Waals surface area (Å²) in [6.45, 7) is 9.43. The van der Waals surface area contributed by atoms with E-state index in [2.05, 4.69) is 26.1 Å². The maximum atomic E-state index is 3.61. The molecule has 0 bridgehead atoms. The standard InChI is InChI=1S/C13H27N/c1-11(2)9-14-10-13-8-6-4-5-7-12(13)3/h11-14H,4-10H2,1-3H3. The molecule has 2 atom stereocenters. The third-order valence-corrected chi connectivity index (χ3v) is 3.50. The minimum Gasteiger partial charge on any atom is -0.316 e. The van der Waals surface area contributed by atoms with Gasteiger partial charge < -0.3 is 5.32 Å². The van der Waals surface area contributed by atoms with Crippen molar-refractivity contribution in [2.24, 2.45) is 17.8 Å². The van der Waals surface area contributed by atoms with E-state index < -0.39 is 0 Å². The predicted molar refractivity (Wildman–Crippen MR) is 63.4 cm³/mol. The zero-order chi connectivity index (χ0) is 10.4. The van der Waals surface area contributed by atoms with Crippen molar-refractivity contribution in [1.82, 2.24) is 5.32 Å². The molecule has 1 aliphatic carbocycles. The molecule has 0 heterocycles. The van der Waals surface area contributed by atoms with Crippen molar-refractivity contribution in [3.8, 4) is 0 Å². The normalized spacial score (nSPS) is 29.1. The third kappa shape index (κ3) is 4.45. The van der Waals surface area contributed by atoms with Crippen LogP contribution in [-0.4, -0.2) is 13.1 Å². The Morgan fingerprint density at radius 1 is 1.14 bits per heavy atom. The Labute approximate surface area is 89.7 Å². The molecule has 1 rings (SSSR count). The second-order valence-electron chi connectivity index (χ2n) is 5.43. The second-order valence-corrected chi connectivity index (χ2v) is 5.43. The molecular weight excluding hydrogens is 170 g/mol. The highest BCUT2D eigenvalue weighted by Gasteiger charge is 2.19. The summed E-state index contributed by atoms with van der Waals surface area (Å²) >= 11 is 0. The van der Waals surface area contributed by atoms with E-state index in [4.69, 9.17) is 0 Å². The molecular formula is C13H27N. The lowest BCUT2D eigenvalue weighted by molar-refractivity contribution is 0.317. The van der Waals surface area contributed by atoms with Crippen molar-refractivity contribution < 1.29 is 0 Å². The zero-order valence-electron chi connectivity index (χ0n) is 10.2. The van der Waals surface area contributed by atoms with E-state index in [1.54, 1.807) is 0 Å². The van der Waals surface area contributed by atoms with E-state index in [0.717, 1.165) is 17.8 Å². The second kappa shape index (κ2) is 6.44. The predicted octanol–water partition coefficient (Wildman–Crippen LogP) is 3.45. The first-order valence-electron chi connectivity index (χ1n) is 6.41. The molecule has 0 amide bonds. The highest BCUT2D eigenvalue weighted by atomic mass is 14.9. The first kappa shape index (κ1) is 12.0. The summed E-state index contributed by atoms with van der Waals surface area (Å²) < 4.78 is 0. The van der Waals surface area contributed by atoms with Crippen molar-refractivity contribution in [2.75, 3.05) is 13.1 Å². The first-order valence-corrected chi connectivity index (χ1v) is 6.41. The molecule has 1 N–H and O–H groups in total. The van der Waals surface area contributed by atoms with Gasteiger partial charge >= 0.3 is 0 Å². The van der Waals surface area contributed by atoms with Gasteiger partial charge in [0, 0.05) is 0 Å². The fourth-order valence-electron chi connectivity index (χ4n) is 2.43. The lowest BCUT2D eigenvalue weighted by Gasteiger charge is -2.22. The van der Waals surface area contributed by atoms with Crippen LogP contribution in [0.3, 0.4) is 0 Å². The minimum absolute atomic E-state index is 0.788. The lowest BCUT2D eigenvalue weighted by Crippen LogP contribution is -2.29. The van der Waals surface area contributed by atoms with Gasteiger partial charge in [-0.05, 0) is 37.3 Å². The average Bonchev–Trinajstić information content (AvgIpc) is 2.31. The Balaban J connectivity index is 2.19. The van der Waals surface area contributed by atoms with E-state index in [1.165, 1.54) is 45.2 Å². The van der Waals surface area contributed by atoms with Gasteiger partial charge in [-0.2, -0.15) is 0 Å². The van der Waals surface area contributed by atoms with Gasteiger partial charge in [0.25, 0.3) is 0 Å². The monoisotopic (exact) mass is 197 g/mol. The zero-order valence-corrected chi connectivity index (χ0v) is 10.2. The number of nitrogens with one attached hydrogen (secondary N) is 1. The van der Waals surface area contributed by atoms with Crippen LogP contribution in [0.4, 0.5) is 0 Å². The maximum Gasteiger partial charge on any atom is -0.00179 e. The van der Waals surface area contributed by atoms with E-state index in [0.29, 0.717) is 0 Å². The Hall–Kier alpha value is -0.0400. The van der Waals surface area contributed by atoms with Gasteiger partial charge in [-0.25, -0.2) is 0 Å². The SMILES string of the molecule is CC(C)CNCC1CCCCCC1C. The maximum absolute atomic E-state index is 3.61. The molecule has 0 saturated heterocycles. The topological polar surface area (TPSA) is 12.0 Å². The van der Waals surface area contributed by atoms with Crippen LogP contribution in [0.1, 0.15) is 52.9 Å². The summed E-state index contributed by atoms with van der Waals surface area (Å²) in [6, 6.07) is 0. The molecule has 0 aromatic carbocycles. The molecule has 14 heavy (non-hydrogen) atoms. The van der Waals surface area contributed by atoms with Crippen molar-refractivity contribution in [3.63, 3.8) is 0 Å². The summed E-state index contributed by atoms with van der Waals surface area (Å²) in [7, 11) is 0. The van der Waals surface area contributed by atoms with Gasteiger partial charge in [0.15, 0.2) is 0 Å². The highest BCUT2D eigenvalue weighted by molar-refractivity contribution is 4.72. The average molecular weight is 197 g/mol. The minimum atomic E-state index is 0.788. The molecule has 84 valence electrons. The third-order valence-electron chi connectivity index (χ3n) is 3.50. The Bertz CT molecular complexity index is 142. The number of rotatable bonds is 4. The molecule has 0 aromatic heterocycles.